The van der Waals surface area contributed by atoms with Gasteiger partial charge in [-0.15, -0.1) is 0 Å². The van der Waals surface area contributed by atoms with Gasteiger partial charge in [-0.1, -0.05) is 26.7 Å². The Kier molecular flexibility index (Phi) is 6.98. The Morgan fingerprint density at radius 1 is 1.13 bits per heavy atom. The van der Waals surface area contributed by atoms with Crippen molar-refractivity contribution in [1.29, 1.82) is 0 Å². The molecule has 0 aliphatic rings. The first kappa shape index (κ1) is 14.8. The van der Waals surface area contributed by atoms with Crippen LogP contribution in [-0.4, -0.2) is 19.3 Å². The predicted octanol–water partition coefficient (Wildman–Crippen LogP) is 3.74. The van der Waals surface area contributed by atoms with Crippen LogP contribution in [0, 0.1) is 5.92 Å². The van der Waals surface area contributed by atoms with Crippen molar-refractivity contribution in [2.75, 3.05) is 7.05 Å². The normalized spacial score (nSPS) is 14.6. The van der Waals surface area contributed by atoms with Gasteiger partial charge in [0, 0.05) is 12.5 Å². The Morgan fingerprint density at radius 3 is 2.00 bits per heavy atom. The average Bonchev–Trinajstić information content (AvgIpc) is 2.17. The summed E-state index contributed by atoms with van der Waals surface area (Å²) in [6, 6.07) is -0.00322. The van der Waals surface area contributed by atoms with E-state index >= 15 is 0 Å². The van der Waals surface area contributed by atoms with Crippen molar-refractivity contribution in [2.24, 2.45) is 5.92 Å². The van der Waals surface area contributed by atoms with Crippen LogP contribution in [0.25, 0.3) is 0 Å². The molecule has 0 saturated heterocycles. The average molecular weight is 225 g/mol. The van der Waals surface area contributed by atoms with Crippen LogP contribution in [0.1, 0.15) is 46.0 Å². The second-order valence-electron chi connectivity index (χ2n) is 4.06. The zero-order valence-electron chi connectivity index (χ0n) is 9.82. The third kappa shape index (κ3) is 7.65. The number of halogens is 3. The predicted molar refractivity (Wildman–Crippen MR) is 56.8 cm³/mol. The Morgan fingerprint density at radius 2 is 1.67 bits per heavy atom. The summed E-state index contributed by atoms with van der Waals surface area (Å²) in [6.07, 6.45) is -1.58. The first-order valence-electron chi connectivity index (χ1n) is 5.66. The molecule has 0 aliphatic heterocycles. The van der Waals surface area contributed by atoms with Crippen LogP contribution in [0.4, 0.5) is 13.2 Å². The first-order chi connectivity index (χ1) is 6.92. The molecule has 0 aromatic heterocycles. The van der Waals surface area contributed by atoms with Crippen molar-refractivity contribution < 1.29 is 13.2 Å². The molecule has 15 heavy (non-hydrogen) atoms. The third-order valence-electron chi connectivity index (χ3n) is 2.96. The molecule has 0 aromatic carbocycles. The lowest BCUT2D eigenvalue weighted by Gasteiger charge is -2.22. The van der Waals surface area contributed by atoms with E-state index in [-0.39, 0.29) is 12.5 Å². The molecule has 1 nitrogen and oxygen atoms in total. The highest BCUT2D eigenvalue weighted by atomic mass is 19.4. The van der Waals surface area contributed by atoms with E-state index in [9.17, 15) is 13.2 Å². The highest BCUT2D eigenvalue weighted by molar-refractivity contribution is 4.71. The molecule has 0 heterocycles. The van der Waals surface area contributed by atoms with Crippen molar-refractivity contribution in [2.45, 2.75) is 58.2 Å². The highest BCUT2D eigenvalue weighted by Gasteiger charge is 2.28. The van der Waals surface area contributed by atoms with Gasteiger partial charge in [-0.05, 0) is 25.8 Å². The van der Waals surface area contributed by atoms with Crippen molar-refractivity contribution in [3.8, 4) is 0 Å². The molecule has 0 spiro atoms. The van der Waals surface area contributed by atoms with Crippen LogP contribution < -0.4 is 5.32 Å². The fourth-order valence-corrected chi connectivity index (χ4v) is 1.74. The van der Waals surface area contributed by atoms with E-state index in [1.807, 2.05) is 0 Å². The zero-order valence-corrected chi connectivity index (χ0v) is 9.82. The van der Waals surface area contributed by atoms with Gasteiger partial charge in [0.25, 0.3) is 0 Å². The fraction of sp³-hybridized carbons (Fsp3) is 1.00. The standard InChI is InChI=1S/C11H22F3N/c1-4-9(5-2)8-10(15-3)6-7-11(12,13)14/h9-10,15H,4-8H2,1-3H3. The first-order valence-corrected chi connectivity index (χ1v) is 5.66. The number of hydrogen-bond donors (Lipinski definition) is 1. The molecular formula is C11H22F3N. The molecule has 1 N–H and O–H groups in total. The fourth-order valence-electron chi connectivity index (χ4n) is 1.74. The molecule has 0 radical (unpaired) electrons. The SMILES string of the molecule is CCC(CC)CC(CCC(F)(F)F)NC. The molecule has 0 amide bonds. The summed E-state index contributed by atoms with van der Waals surface area (Å²) < 4.78 is 36.1. The van der Waals surface area contributed by atoms with E-state index in [1.165, 1.54) is 0 Å². The minimum absolute atomic E-state index is 0.00322. The van der Waals surface area contributed by atoms with Gasteiger partial charge >= 0.3 is 6.18 Å². The molecule has 0 bridgehead atoms. The minimum atomic E-state index is -4.02. The molecule has 0 fully saturated rings. The van der Waals surface area contributed by atoms with Crippen LogP contribution in [0.3, 0.4) is 0 Å². The number of hydrogen-bond acceptors (Lipinski definition) is 1. The van der Waals surface area contributed by atoms with Crippen LogP contribution in [0.2, 0.25) is 0 Å². The van der Waals surface area contributed by atoms with Gasteiger partial charge in [-0.3, -0.25) is 0 Å². The largest absolute Gasteiger partial charge is 0.389 e. The van der Waals surface area contributed by atoms with Crippen molar-refractivity contribution >= 4 is 0 Å². The molecule has 0 aliphatic carbocycles. The molecular weight excluding hydrogens is 203 g/mol. The van der Waals surface area contributed by atoms with Gasteiger partial charge in [-0.2, -0.15) is 13.2 Å². The minimum Gasteiger partial charge on any atom is -0.317 e. The molecule has 0 aromatic rings. The maximum atomic E-state index is 12.0. The smallest absolute Gasteiger partial charge is 0.317 e. The van der Waals surface area contributed by atoms with E-state index in [2.05, 4.69) is 19.2 Å². The molecule has 0 saturated carbocycles. The van der Waals surface area contributed by atoms with Gasteiger partial charge < -0.3 is 5.32 Å². The van der Waals surface area contributed by atoms with Crippen LogP contribution in [0.5, 0.6) is 0 Å². The van der Waals surface area contributed by atoms with Crippen LogP contribution >= 0.6 is 0 Å². The van der Waals surface area contributed by atoms with Crippen LogP contribution in [-0.2, 0) is 0 Å². The monoisotopic (exact) mass is 225 g/mol. The molecule has 4 heteroatoms. The molecule has 92 valence electrons. The summed E-state index contributed by atoms with van der Waals surface area (Å²) in [7, 11) is 1.74. The maximum Gasteiger partial charge on any atom is 0.389 e. The van der Waals surface area contributed by atoms with Gasteiger partial charge in [0.15, 0.2) is 0 Å². The highest BCUT2D eigenvalue weighted by Crippen LogP contribution is 2.25. The van der Waals surface area contributed by atoms with E-state index in [1.54, 1.807) is 7.05 Å². The summed E-state index contributed by atoms with van der Waals surface area (Å²) in [5, 5.41) is 2.97. The molecule has 1 atom stereocenters. The Balaban J connectivity index is 3.92. The van der Waals surface area contributed by atoms with Gasteiger partial charge in [0.1, 0.15) is 0 Å². The van der Waals surface area contributed by atoms with E-state index in [0.717, 1.165) is 19.3 Å². The Bertz CT molecular complexity index is 152. The lowest BCUT2D eigenvalue weighted by molar-refractivity contribution is -0.136. The second-order valence-corrected chi connectivity index (χ2v) is 4.06. The lowest BCUT2D eigenvalue weighted by atomic mass is 9.93. The van der Waals surface area contributed by atoms with E-state index < -0.39 is 12.6 Å². The van der Waals surface area contributed by atoms with E-state index in [0.29, 0.717) is 5.92 Å². The number of nitrogens with one attached hydrogen (secondary N) is 1. The maximum absolute atomic E-state index is 12.0. The van der Waals surface area contributed by atoms with Gasteiger partial charge in [-0.25, -0.2) is 0 Å². The van der Waals surface area contributed by atoms with E-state index in [4.69, 9.17) is 0 Å². The topological polar surface area (TPSA) is 12.0 Å². The van der Waals surface area contributed by atoms with Crippen molar-refractivity contribution in [1.82, 2.24) is 5.32 Å². The van der Waals surface area contributed by atoms with Crippen molar-refractivity contribution in [3.05, 3.63) is 0 Å². The summed E-state index contributed by atoms with van der Waals surface area (Å²) in [6.45, 7) is 4.18. The summed E-state index contributed by atoms with van der Waals surface area (Å²) >= 11 is 0. The molecule has 0 rings (SSSR count). The van der Waals surface area contributed by atoms with Gasteiger partial charge in [0.05, 0.1) is 0 Å². The summed E-state index contributed by atoms with van der Waals surface area (Å²) in [5.74, 6) is 0.538. The Labute approximate surface area is 90.4 Å². The van der Waals surface area contributed by atoms with Crippen molar-refractivity contribution in [3.63, 3.8) is 0 Å². The van der Waals surface area contributed by atoms with Crippen LogP contribution in [0.15, 0.2) is 0 Å². The number of alkyl halides is 3. The zero-order chi connectivity index (χ0) is 11.9. The lowest BCUT2D eigenvalue weighted by Crippen LogP contribution is -2.29. The third-order valence-corrected chi connectivity index (χ3v) is 2.96. The molecule has 1 unspecified atom stereocenters. The quantitative estimate of drug-likeness (QED) is 0.696. The Hall–Kier alpha value is -0.250. The second kappa shape index (κ2) is 7.09. The van der Waals surface area contributed by atoms with Gasteiger partial charge in [0.2, 0.25) is 0 Å². The summed E-state index contributed by atoms with van der Waals surface area (Å²) in [4.78, 5) is 0. The summed E-state index contributed by atoms with van der Waals surface area (Å²) in [5.41, 5.74) is 0. The number of rotatable bonds is 7.